The minimum absolute atomic E-state index is 0.0420. The molecular formula is C23H18F3N3O4S. The molecule has 2 aromatic carbocycles. The van der Waals surface area contributed by atoms with E-state index in [0.717, 1.165) is 23.1 Å². The van der Waals surface area contributed by atoms with Crippen molar-refractivity contribution in [1.82, 2.24) is 5.32 Å². The highest BCUT2D eigenvalue weighted by Gasteiger charge is 2.39. The van der Waals surface area contributed by atoms with Crippen molar-refractivity contribution < 1.29 is 32.0 Å². The molecule has 2 amide bonds. The Kier molecular flexibility index (Phi) is 7.34. The van der Waals surface area contributed by atoms with Crippen LogP contribution in [-0.2, 0) is 15.7 Å². The molecule has 0 bridgehead atoms. The van der Waals surface area contributed by atoms with E-state index in [9.17, 15) is 27.3 Å². The van der Waals surface area contributed by atoms with Crippen LogP contribution in [0.4, 0.5) is 23.7 Å². The van der Waals surface area contributed by atoms with Gasteiger partial charge in [0.2, 0.25) is 0 Å². The number of carbonyl (C=O) groups excluding carboxylic acids is 2. The molecule has 0 saturated carbocycles. The molecule has 0 aromatic heterocycles. The lowest BCUT2D eigenvalue weighted by atomic mass is 9.93. The molecule has 0 unspecified atom stereocenters. The van der Waals surface area contributed by atoms with E-state index in [1.54, 1.807) is 0 Å². The number of nitriles is 1. The van der Waals surface area contributed by atoms with E-state index in [1.807, 2.05) is 6.07 Å². The molecular weight excluding hydrogens is 471 g/mol. The number of amides is 2. The molecule has 0 radical (unpaired) electrons. The standard InChI is InChI=1S/C23H18F3N3O4S/c1-3-9-33-21(30)19-13(2)29(16-6-4-5-15(11-16)23(24,25)26)22(31)28-20(19)17-8-7-14(12-27)10-18(17)34-32/h3-8,10-11,20,32H,1,9H2,2H3,(H,28,31)/t20-/m1/s1. The van der Waals surface area contributed by atoms with E-state index in [4.69, 9.17) is 10.00 Å². The maximum atomic E-state index is 13.2. The van der Waals surface area contributed by atoms with Gasteiger partial charge in [0.1, 0.15) is 6.61 Å². The average molecular weight is 489 g/mol. The molecule has 1 heterocycles. The van der Waals surface area contributed by atoms with Gasteiger partial charge in [-0.2, -0.15) is 18.4 Å². The first-order valence-electron chi connectivity index (χ1n) is 9.74. The normalized spacial score (nSPS) is 16.1. The highest BCUT2D eigenvalue weighted by Crippen LogP contribution is 2.39. The highest BCUT2D eigenvalue weighted by molar-refractivity contribution is 7.93. The molecule has 3 rings (SSSR count). The van der Waals surface area contributed by atoms with Gasteiger partial charge in [-0.3, -0.25) is 4.90 Å². The molecule has 0 fully saturated rings. The Morgan fingerprint density at radius 2 is 2.09 bits per heavy atom. The maximum absolute atomic E-state index is 13.2. The number of esters is 1. The lowest BCUT2D eigenvalue weighted by Crippen LogP contribution is -2.48. The predicted molar refractivity (Wildman–Crippen MR) is 119 cm³/mol. The Hall–Kier alpha value is -3.75. The summed E-state index contributed by atoms with van der Waals surface area (Å²) in [5, 5.41) is 11.7. The van der Waals surface area contributed by atoms with E-state index < -0.39 is 29.8 Å². The molecule has 0 spiro atoms. The zero-order valence-corrected chi connectivity index (χ0v) is 18.5. The van der Waals surface area contributed by atoms with Crippen molar-refractivity contribution in [3.63, 3.8) is 0 Å². The van der Waals surface area contributed by atoms with E-state index in [2.05, 4.69) is 11.9 Å². The number of halogens is 3. The van der Waals surface area contributed by atoms with Gasteiger partial charge in [0, 0.05) is 22.6 Å². The number of nitrogens with one attached hydrogen (secondary N) is 1. The van der Waals surface area contributed by atoms with Crippen LogP contribution in [0.25, 0.3) is 0 Å². The number of hydrogen-bond donors (Lipinski definition) is 2. The number of carbonyl (C=O) groups is 2. The summed E-state index contributed by atoms with van der Waals surface area (Å²) in [7, 11) is 0. The van der Waals surface area contributed by atoms with Crippen LogP contribution in [0.1, 0.15) is 29.7 Å². The summed E-state index contributed by atoms with van der Waals surface area (Å²) in [4.78, 5) is 27.2. The fraction of sp³-hybridized carbons (Fsp3) is 0.174. The minimum atomic E-state index is -4.64. The number of alkyl halides is 3. The van der Waals surface area contributed by atoms with Gasteiger partial charge >= 0.3 is 18.2 Å². The topological polar surface area (TPSA) is 103 Å². The number of benzene rings is 2. The molecule has 1 atom stereocenters. The van der Waals surface area contributed by atoms with Crippen molar-refractivity contribution in [2.45, 2.75) is 24.0 Å². The Balaban J connectivity index is 2.19. The summed E-state index contributed by atoms with van der Waals surface area (Å²) in [6, 6.07) is 8.46. The molecule has 1 aliphatic rings. The van der Waals surface area contributed by atoms with Crippen LogP contribution >= 0.6 is 12.0 Å². The third-order valence-corrected chi connectivity index (χ3v) is 5.57. The van der Waals surface area contributed by atoms with Crippen LogP contribution in [0.15, 0.2) is 71.3 Å². The SMILES string of the molecule is C=CCOC(=O)C1=C(C)N(c2cccc(C(F)(F)F)c2)C(=O)N[C@@H]1c1ccc(C#N)cc1SO. The van der Waals surface area contributed by atoms with Crippen molar-refractivity contribution in [3.05, 3.63) is 83.1 Å². The number of ether oxygens (including phenoxy) is 1. The molecule has 0 aliphatic carbocycles. The number of nitrogens with zero attached hydrogens (tertiary/aromatic N) is 2. The number of hydrogen-bond acceptors (Lipinski definition) is 6. The van der Waals surface area contributed by atoms with Gasteiger partial charge in [0.15, 0.2) is 0 Å². The number of rotatable bonds is 6. The molecule has 7 nitrogen and oxygen atoms in total. The van der Waals surface area contributed by atoms with Gasteiger partial charge < -0.3 is 14.6 Å². The third kappa shape index (κ3) is 4.93. The Morgan fingerprint density at radius 1 is 1.35 bits per heavy atom. The average Bonchev–Trinajstić information content (AvgIpc) is 2.81. The van der Waals surface area contributed by atoms with Crippen molar-refractivity contribution in [2.75, 3.05) is 11.5 Å². The van der Waals surface area contributed by atoms with Crippen LogP contribution < -0.4 is 10.2 Å². The molecule has 176 valence electrons. The summed E-state index contributed by atoms with van der Waals surface area (Å²) >= 11 is 0.323. The van der Waals surface area contributed by atoms with Gasteiger partial charge in [-0.05, 0) is 42.8 Å². The summed E-state index contributed by atoms with van der Waals surface area (Å²) in [5.74, 6) is -0.836. The molecule has 0 saturated heterocycles. The summed E-state index contributed by atoms with van der Waals surface area (Å²) in [6.07, 6.45) is -3.30. The van der Waals surface area contributed by atoms with Crippen LogP contribution in [0.2, 0.25) is 0 Å². The molecule has 11 heteroatoms. The largest absolute Gasteiger partial charge is 0.458 e. The minimum Gasteiger partial charge on any atom is -0.458 e. The van der Waals surface area contributed by atoms with Crippen LogP contribution in [-0.4, -0.2) is 23.2 Å². The highest BCUT2D eigenvalue weighted by atomic mass is 32.2. The smallest absolute Gasteiger partial charge is 0.416 e. The van der Waals surface area contributed by atoms with E-state index >= 15 is 0 Å². The number of anilines is 1. The summed E-state index contributed by atoms with van der Waals surface area (Å²) in [6.45, 7) is 4.75. The zero-order valence-electron chi connectivity index (χ0n) is 17.7. The van der Waals surface area contributed by atoms with Gasteiger partial charge in [-0.25, -0.2) is 9.59 Å². The second-order valence-corrected chi connectivity index (χ2v) is 7.73. The number of allylic oxidation sites excluding steroid dienone is 1. The molecule has 2 N–H and O–H groups in total. The van der Waals surface area contributed by atoms with Crippen LogP contribution in [0, 0.1) is 11.3 Å². The Bertz CT molecular complexity index is 1220. The Labute approximate surface area is 197 Å². The van der Waals surface area contributed by atoms with Crippen molar-refractivity contribution in [2.24, 2.45) is 0 Å². The third-order valence-electron chi connectivity index (χ3n) is 5.02. The molecule has 2 aromatic rings. The quantitative estimate of drug-likeness (QED) is 0.319. The van der Waals surface area contributed by atoms with E-state index in [-0.39, 0.29) is 34.0 Å². The van der Waals surface area contributed by atoms with Crippen LogP contribution in [0.3, 0.4) is 0 Å². The van der Waals surface area contributed by atoms with E-state index in [0.29, 0.717) is 17.6 Å². The van der Waals surface area contributed by atoms with E-state index in [1.165, 1.54) is 37.3 Å². The first-order valence-corrected chi connectivity index (χ1v) is 10.5. The van der Waals surface area contributed by atoms with Crippen molar-refractivity contribution in [3.8, 4) is 6.07 Å². The van der Waals surface area contributed by atoms with Crippen LogP contribution in [0.5, 0.6) is 0 Å². The first kappa shape index (κ1) is 24.9. The second kappa shape index (κ2) is 10.0. The van der Waals surface area contributed by atoms with Gasteiger partial charge in [0.25, 0.3) is 0 Å². The van der Waals surface area contributed by atoms with Gasteiger partial charge in [-0.15, -0.1) is 0 Å². The monoisotopic (exact) mass is 489 g/mol. The fourth-order valence-corrected chi connectivity index (χ4v) is 3.98. The van der Waals surface area contributed by atoms with Gasteiger partial charge in [0.05, 0.1) is 34.5 Å². The molecule has 34 heavy (non-hydrogen) atoms. The molecule has 1 aliphatic heterocycles. The predicted octanol–water partition coefficient (Wildman–Crippen LogP) is 5.42. The lowest BCUT2D eigenvalue weighted by molar-refractivity contribution is -0.139. The lowest BCUT2D eigenvalue weighted by Gasteiger charge is -2.36. The van der Waals surface area contributed by atoms with Gasteiger partial charge in [-0.1, -0.05) is 24.8 Å². The van der Waals surface area contributed by atoms with Crippen molar-refractivity contribution in [1.29, 1.82) is 5.26 Å². The second-order valence-electron chi connectivity index (χ2n) is 7.11. The van der Waals surface area contributed by atoms with Crippen molar-refractivity contribution >= 4 is 29.7 Å². The first-order chi connectivity index (χ1) is 16.1. The summed E-state index contributed by atoms with van der Waals surface area (Å²) < 4.78 is 54.6. The fourth-order valence-electron chi connectivity index (χ4n) is 3.51. The Morgan fingerprint density at radius 3 is 2.71 bits per heavy atom. The maximum Gasteiger partial charge on any atom is 0.416 e. The number of urea groups is 1. The summed E-state index contributed by atoms with van der Waals surface area (Å²) in [5.41, 5.74) is -0.541. The zero-order chi connectivity index (χ0) is 25.0.